The second-order valence-electron chi connectivity index (χ2n) is 13.6. The lowest BCUT2D eigenvalue weighted by molar-refractivity contribution is -0.167. The van der Waals surface area contributed by atoms with Gasteiger partial charge in [0.15, 0.2) is 20.2 Å². The Bertz CT molecular complexity index is 814. The molecule has 0 radical (unpaired) electrons. The van der Waals surface area contributed by atoms with Gasteiger partial charge in [-0.1, -0.05) is 53.7 Å². The highest BCUT2D eigenvalue weighted by Crippen LogP contribution is 2.41. The van der Waals surface area contributed by atoms with Crippen LogP contribution in [0.3, 0.4) is 0 Å². The van der Waals surface area contributed by atoms with Gasteiger partial charge < -0.3 is 29.3 Å². The summed E-state index contributed by atoms with van der Waals surface area (Å²) in [7, 11) is -0.866. The highest BCUT2D eigenvalue weighted by molar-refractivity contribution is 6.74. The van der Waals surface area contributed by atoms with Gasteiger partial charge in [-0.3, -0.25) is 9.59 Å². The van der Waals surface area contributed by atoms with E-state index in [4.69, 9.17) is 18.6 Å². The van der Waals surface area contributed by atoms with Gasteiger partial charge in [0.05, 0.1) is 0 Å². The van der Waals surface area contributed by atoms with Gasteiger partial charge in [-0.05, 0) is 63.1 Å². The van der Waals surface area contributed by atoms with Crippen LogP contribution in [0.25, 0.3) is 0 Å². The van der Waals surface area contributed by atoms with E-state index in [-0.39, 0.29) is 22.3 Å². The highest BCUT2D eigenvalue weighted by atomic mass is 28.4. The van der Waals surface area contributed by atoms with E-state index in [1.807, 2.05) is 19.9 Å². The molecule has 2 N–H and O–H groups in total. The van der Waals surface area contributed by atoms with Crippen LogP contribution in [0.2, 0.25) is 18.1 Å². The maximum absolute atomic E-state index is 13.7. The fraction of sp³-hybridized carbons (Fsp3) is 0.857. The molecular formula is C28H52N2O6Si. The molecule has 2 fully saturated rings. The summed E-state index contributed by atoms with van der Waals surface area (Å²) in [5.41, 5.74) is 0.131. The van der Waals surface area contributed by atoms with Gasteiger partial charge in [0.1, 0.15) is 24.4 Å². The van der Waals surface area contributed by atoms with Gasteiger partial charge in [0.2, 0.25) is 5.91 Å². The van der Waals surface area contributed by atoms with E-state index in [2.05, 4.69) is 71.3 Å². The normalized spacial score (nSPS) is 27.0. The molecule has 0 aliphatic carbocycles. The van der Waals surface area contributed by atoms with E-state index in [1.165, 1.54) is 7.11 Å². The summed E-state index contributed by atoms with van der Waals surface area (Å²) in [5, 5.41) is 5.71. The number of ether oxygens (including phenoxy) is 3. The summed E-state index contributed by atoms with van der Waals surface area (Å²) in [6.45, 7) is 21.7. The van der Waals surface area contributed by atoms with E-state index >= 15 is 0 Å². The summed E-state index contributed by atoms with van der Waals surface area (Å²) in [6, 6.07) is -0.596. The first-order chi connectivity index (χ1) is 16.9. The first kappa shape index (κ1) is 32.0. The Morgan fingerprint density at radius 2 is 1.84 bits per heavy atom. The van der Waals surface area contributed by atoms with Gasteiger partial charge in [-0.15, -0.1) is 0 Å². The summed E-state index contributed by atoms with van der Waals surface area (Å²) >= 11 is 0. The fourth-order valence-corrected chi connectivity index (χ4v) is 5.61. The molecule has 2 rings (SSSR count). The molecule has 0 aromatic rings. The van der Waals surface area contributed by atoms with Gasteiger partial charge >= 0.3 is 0 Å². The zero-order valence-electron chi connectivity index (χ0n) is 25.0. The van der Waals surface area contributed by atoms with Crippen LogP contribution in [0.4, 0.5) is 0 Å². The topological polar surface area (TPSA) is 95.1 Å². The number of carbonyl (C=O) groups is 2. The van der Waals surface area contributed by atoms with Crippen molar-refractivity contribution in [2.24, 2.45) is 5.41 Å². The van der Waals surface area contributed by atoms with Gasteiger partial charge in [-0.25, -0.2) is 0 Å². The van der Waals surface area contributed by atoms with Crippen LogP contribution in [-0.2, 0) is 28.2 Å². The molecule has 214 valence electrons. The Kier molecular flexibility index (Phi) is 10.6. The number of nitrogens with one attached hydrogen (secondary N) is 2. The first-order valence-corrected chi connectivity index (χ1v) is 16.6. The number of rotatable bonds is 9. The minimum atomic E-state index is -2.37. The number of hydrogen-bond donors (Lipinski definition) is 2. The zero-order chi connectivity index (χ0) is 28.2. The van der Waals surface area contributed by atoms with E-state index in [0.717, 1.165) is 19.3 Å². The van der Waals surface area contributed by atoms with Crippen molar-refractivity contribution in [3.63, 3.8) is 0 Å². The molecule has 0 unspecified atom stereocenters. The fourth-order valence-electron chi connectivity index (χ4n) is 4.32. The molecule has 2 aliphatic rings. The summed E-state index contributed by atoms with van der Waals surface area (Å²) in [6.07, 6.45) is 4.66. The number of amides is 2. The minimum absolute atomic E-state index is 0.103. The van der Waals surface area contributed by atoms with Crippen molar-refractivity contribution in [1.29, 1.82) is 0 Å². The maximum Gasteiger partial charge on any atom is 0.252 e. The van der Waals surface area contributed by atoms with Gasteiger partial charge in [0.25, 0.3) is 5.91 Å². The summed E-state index contributed by atoms with van der Waals surface area (Å²) in [4.78, 5) is 26.2. The molecule has 0 aromatic carbocycles. The van der Waals surface area contributed by atoms with Crippen LogP contribution in [0, 0.1) is 5.41 Å². The Balaban J connectivity index is 2.42. The third kappa shape index (κ3) is 9.16. The molecule has 8 nitrogen and oxygen atoms in total. The number of methoxy groups -OCH3 is 1. The van der Waals surface area contributed by atoms with Crippen LogP contribution in [0.15, 0.2) is 12.2 Å². The molecule has 2 amide bonds. The van der Waals surface area contributed by atoms with Crippen LogP contribution in [-0.4, -0.2) is 70.0 Å². The molecule has 37 heavy (non-hydrogen) atoms. The monoisotopic (exact) mass is 540 g/mol. The first-order valence-electron chi connectivity index (χ1n) is 13.7. The average molecular weight is 541 g/mol. The number of carbonyl (C=O) groups excluding carboxylic acids is 2. The smallest absolute Gasteiger partial charge is 0.252 e. The van der Waals surface area contributed by atoms with E-state index in [1.54, 1.807) is 0 Å². The van der Waals surface area contributed by atoms with Crippen molar-refractivity contribution in [2.75, 3.05) is 13.7 Å². The molecule has 0 saturated carbocycles. The van der Waals surface area contributed by atoms with Crippen LogP contribution >= 0.6 is 0 Å². The predicted octanol–water partition coefficient (Wildman–Crippen LogP) is 4.69. The zero-order valence-corrected chi connectivity index (χ0v) is 26.0. The quantitative estimate of drug-likeness (QED) is 0.325. The van der Waals surface area contributed by atoms with Crippen molar-refractivity contribution in [3.05, 3.63) is 12.2 Å². The molecule has 9 heteroatoms. The Morgan fingerprint density at radius 1 is 1.19 bits per heavy atom. The molecule has 2 aliphatic heterocycles. The standard InChI is InChI=1S/C28H52N2O6Si/c1-26(2,3)17-14-16-20-21(35-28(7,8)34-20)22(36-37(10,11)27(4,5)6)23(33-9)25(32)30-19-15-12-13-18-29-24(19)31/h14,16,19-23H,12-13,15,17-18H2,1-11H3,(H,29,31)(H,30,32)/b16-14+/t19-,20+,21-,22+,23+/m0/s1. The minimum Gasteiger partial charge on any atom is -0.408 e. The van der Waals surface area contributed by atoms with Gasteiger partial charge in [0, 0.05) is 13.7 Å². The van der Waals surface area contributed by atoms with Crippen molar-refractivity contribution in [2.45, 2.75) is 135 Å². The molecule has 5 atom stereocenters. The molecular weight excluding hydrogens is 488 g/mol. The Hall–Kier alpha value is -1.26. The lowest BCUT2D eigenvalue weighted by Crippen LogP contribution is -2.59. The number of hydrogen-bond acceptors (Lipinski definition) is 6. The van der Waals surface area contributed by atoms with Crippen molar-refractivity contribution < 1.29 is 28.2 Å². The molecule has 2 heterocycles. The van der Waals surface area contributed by atoms with E-state index < -0.39 is 44.6 Å². The highest BCUT2D eigenvalue weighted by Gasteiger charge is 2.52. The van der Waals surface area contributed by atoms with Crippen molar-refractivity contribution >= 4 is 20.1 Å². The van der Waals surface area contributed by atoms with Crippen LogP contribution in [0.1, 0.15) is 81.1 Å². The summed E-state index contributed by atoms with van der Waals surface area (Å²) < 4.78 is 25.4. The Morgan fingerprint density at radius 3 is 2.41 bits per heavy atom. The third-order valence-electron chi connectivity index (χ3n) is 7.44. The largest absolute Gasteiger partial charge is 0.408 e. The molecule has 0 aromatic heterocycles. The summed E-state index contributed by atoms with van der Waals surface area (Å²) in [5.74, 6) is -1.39. The molecule has 2 saturated heterocycles. The van der Waals surface area contributed by atoms with Gasteiger partial charge in [-0.2, -0.15) is 0 Å². The SMILES string of the molecule is CO[C@@H](C(=O)N[C@H]1CCCCNC1=O)[C@H](O[Si](C)(C)C(C)(C)C)[C@H]1OC(C)(C)O[C@@H]1/C=C/CC(C)(C)C. The molecule has 0 spiro atoms. The Labute approximate surface area is 225 Å². The van der Waals surface area contributed by atoms with Crippen molar-refractivity contribution in [3.8, 4) is 0 Å². The number of allylic oxidation sites excluding steroid dienone is 1. The van der Waals surface area contributed by atoms with Crippen molar-refractivity contribution in [1.82, 2.24) is 10.6 Å². The maximum atomic E-state index is 13.7. The average Bonchev–Trinajstić information content (AvgIpc) is 2.89. The predicted molar refractivity (Wildman–Crippen MR) is 149 cm³/mol. The second-order valence-corrected chi connectivity index (χ2v) is 18.4. The molecule has 0 bridgehead atoms. The second kappa shape index (κ2) is 12.3. The lowest BCUT2D eigenvalue weighted by atomic mass is 9.91. The van der Waals surface area contributed by atoms with Crippen LogP contribution < -0.4 is 10.6 Å². The third-order valence-corrected chi connectivity index (χ3v) is 11.9. The van der Waals surface area contributed by atoms with E-state index in [9.17, 15) is 9.59 Å². The van der Waals surface area contributed by atoms with Crippen LogP contribution in [0.5, 0.6) is 0 Å². The lowest BCUT2D eigenvalue weighted by Gasteiger charge is -2.42. The van der Waals surface area contributed by atoms with E-state index in [0.29, 0.717) is 13.0 Å².